The van der Waals surface area contributed by atoms with Crippen molar-refractivity contribution in [1.29, 1.82) is 0 Å². The molecule has 1 aromatic rings. The van der Waals surface area contributed by atoms with E-state index in [0.717, 1.165) is 0 Å². The van der Waals surface area contributed by atoms with Gasteiger partial charge in [-0.3, -0.25) is 0 Å². The molecule has 0 amide bonds. The number of aliphatic hydroxyl groups is 1. The van der Waals surface area contributed by atoms with Gasteiger partial charge in [0, 0.05) is 12.6 Å². The van der Waals surface area contributed by atoms with Crippen LogP contribution in [0.2, 0.25) is 0 Å². The molecule has 1 rings (SSSR count). The van der Waals surface area contributed by atoms with Gasteiger partial charge in [0.2, 0.25) is 0 Å². The number of benzene rings is 1. The summed E-state index contributed by atoms with van der Waals surface area (Å²) in [5.41, 5.74) is 2.30. The van der Waals surface area contributed by atoms with Gasteiger partial charge in [0.25, 0.3) is 0 Å². The van der Waals surface area contributed by atoms with Gasteiger partial charge in [0.1, 0.15) is 0 Å². The maximum Gasteiger partial charge on any atom is 0.416 e. The number of hydrogen-bond donors (Lipinski definition) is 2. The van der Waals surface area contributed by atoms with Gasteiger partial charge in [0.15, 0.2) is 0 Å². The van der Waals surface area contributed by atoms with Crippen molar-refractivity contribution in [2.75, 3.05) is 6.61 Å². The Kier molecular flexibility index (Phi) is 6.31. The average molecular weight is 324 g/mol. The van der Waals surface area contributed by atoms with Crippen LogP contribution in [0.4, 0.5) is 26.3 Å². The van der Waals surface area contributed by atoms with Crippen LogP contribution in [0.3, 0.4) is 0 Å². The SMILES string of the molecule is Cl.NC(CCO)c1cc(C(F)(F)F)cc(C(F)(F)F)c1. The second-order valence-corrected chi connectivity index (χ2v) is 3.96. The van der Waals surface area contributed by atoms with E-state index in [9.17, 15) is 26.3 Å². The first-order valence-electron chi connectivity index (χ1n) is 5.21. The molecule has 0 spiro atoms. The summed E-state index contributed by atoms with van der Waals surface area (Å²) in [5.74, 6) is 0. The zero-order valence-corrected chi connectivity index (χ0v) is 10.7. The minimum Gasteiger partial charge on any atom is -0.396 e. The molecule has 0 radical (unpaired) electrons. The number of hydrogen-bond acceptors (Lipinski definition) is 2. The second-order valence-electron chi connectivity index (χ2n) is 3.96. The summed E-state index contributed by atoms with van der Waals surface area (Å²) < 4.78 is 75.2. The fraction of sp³-hybridized carbons (Fsp3) is 0.455. The minimum atomic E-state index is -4.89. The highest BCUT2D eigenvalue weighted by atomic mass is 35.5. The normalized spacial score (nSPS) is 13.8. The van der Waals surface area contributed by atoms with E-state index in [4.69, 9.17) is 10.8 Å². The third-order valence-electron chi connectivity index (χ3n) is 2.48. The molecule has 9 heteroatoms. The third-order valence-corrected chi connectivity index (χ3v) is 2.48. The van der Waals surface area contributed by atoms with E-state index in [1.807, 2.05) is 0 Å². The van der Waals surface area contributed by atoms with E-state index in [1.54, 1.807) is 0 Å². The fourth-order valence-corrected chi connectivity index (χ4v) is 1.50. The Morgan fingerprint density at radius 2 is 1.35 bits per heavy atom. The molecular formula is C11H12ClF6NO. The van der Waals surface area contributed by atoms with Crippen molar-refractivity contribution in [3.05, 3.63) is 34.9 Å². The lowest BCUT2D eigenvalue weighted by atomic mass is 9.98. The molecular weight excluding hydrogens is 312 g/mol. The molecule has 1 unspecified atom stereocenters. The standard InChI is InChI=1S/C11H11F6NO.ClH/c12-10(13,14)7-3-6(9(18)1-2-19)4-8(5-7)11(15,16)17;/h3-5,9,19H,1-2,18H2;1H. The maximum atomic E-state index is 12.5. The summed E-state index contributed by atoms with van der Waals surface area (Å²) in [4.78, 5) is 0. The van der Waals surface area contributed by atoms with E-state index in [-0.39, 0.29) is 30.5 Å². The van der Waals surface area contributed by atoms with Crippen molar-refractivity contribution in [3.63, 3.8) is 0 Å². The van der Waals surface area contributed by atoms with Gasteiger partial charge < -0.3 is 10.8 Å². The van der Waals surface area contributed by atoms with Crippen molar-refractivity contribution < 1.29 is 31.4 Å². The van der Waals surface area contributed by atoms with E-state index in [0.29, 0.717) is 12.1 Å². The van der Waals surface area contributed by atoms with Gasteiger partial charge in [-0.05, 0) is 30.2 Å². The van der Waals surface area contributed by atoms with Crippen LogP contribution in [0, 0.1) is 0 Å². The summed E-state index contributed by atoms with van der Waals surface area (Å²) in [6.45, 7) is -0.432. The van der Waals surface area contributed by atoms with Crippen molar-refractivity contribution in [2.24, 2.45) is 5.73 Å². The number of alkyl halides is 6. The highest BCUT2D eigenvalue weighted by Crippen LogP contribution is 2.37. The summed E-state index contributed by atoms with van der Waals surface area (Å²) >= 11 is 0. The molecule has 0 bridgehead atoms. The summed E-state index contributed by atoms with van der Waals surface area (Å²) in [6, 6.07) is 0.0775. The van der Waals surface area contributed by atoms with Gasteiger partial charge >= 0.3 is 12.4 Å². The average Bonchev–Trinajstić information content (AvgIpc) is 2.26. The van der Waals surface area contributed by atoms with Gasteiger partial charge in [-0.1, -0.05) is 0 Å². The van der Waals surface area contributed by atoms with Crippen molar-refractivity contribution >= 4 is 12.4 Å². The van der Waals surface area contributed by atoms with Crippen LogP contribution in [0.25, 0.3) is 0 Å². The molecule has 2 nitrogen and oxygen atoms in total. The van der Waals surface area contributed by atoms with E-state index < -0.39 is 36.1 Å². The molecule has 0 aliphatic heterocycles. The molecule has 0 aliphatic carbocycles. The molecule has 0 heterocycles. The third kappa shape index (κ3) is 4.84. The predicted octanol–water partition coefficient (Wildman–Crippen LogP) is 3.53. The smallest absolute Gasteiger partial charge is 0.396 e. The maximum absolute atomic E-state index is 12.5. The molecule has 116 valence electrons. The monoisotopic (exact) mass is 323 g/mol. The van der Waals surface area contributed by atoms with Crippen LogP contribution < -0.4 is 5.73 Å². The van der Waals surface area contributed by atoms with E-state index in [2.05, 4.69) is 0 Å². The summed E-state index contributed by atoms with van der Waals surface area (Å²) in [6.07, 6.45) is -9.91. The number of nitrogens with two attached hydrogens (primary N) is 1. The topological polar surface area (TPSA) is 46.2 Å². The number of aliphatic hydroxyl groups excluding tert-OH is 1. The largest absolute Gasteiger partial charge is 0.416 e. The lowest BCUT2D eigenvalue weighted by molar-refractivity contribution is -0.143. The number of rotatable bonds is 3. The summed E-state index contributed by atoms with van der Waals surface area (Å²) in [5, 5.41) is 8.63. The van der Waals surface area contributed by atoms with Crippen molar-refractivity contribution in [3.8, 4) is 0 Å². The quantitative estimate of drug-likeness (QED) is 0.836. The van der Waals surface area contributed by atoms with Crippen molar-refractivity contribution in [2.45, 2.75) is 24.8 Å². The Balaban J connectivity index is 0.00000361. The first-order valence-corrected chi connectivity index (χ1v) is 5.21. The molecule has 0 aromatic heterocycles. The molecule has 0 saturated carbocycles. The first kappa shape index (κ1) is 19.0. The van der Waals surface area contributed by atoms with Gasteiger partial charge in [-0.15, -0.1) is 12.4 Å². The molecule has 3 N–H and O–H groups in total. The van der Waals surface area contributed by atoms with E-state index in [1.165, 1.54) is 0 Å². The number of halogens is 7. The fourth-order valence-electron chi connectivity index (χ4n) is 1.50. The molecule has 20 heavy (non-hydrogen) atoms. The zero-order valence-electron chi connectivity index (χ0n) is 9.92. The molecule has 0 aliphatic rings. The minimum absolute atomic E-state index is 0. The van der Waals surface area contributed by atoms with Gasteiger partial charge in [-0.25, -0.2) is 0 Å². The van der Waals surface area contributed by atoms with Crippen molar-refractivity contribution in [1.82, 2.24) is 0 Å². The van der Waals surface area contributed by atoms with E-state index >= 15 is 0 Å². The van der Waals surface area contributed by atoms with Crippen LogP contribution in [0.5, 0.6) is 0 Å². The Morgan fingerprint density at radius 1 is 0.950 bits per heavy atom. The van der Waals surface area contributed by atoms with Gasteiger partial charge in [-0.2, -0.15) is 26.3 Å². The Hall–Kier alpha value is -0.990. The van der Waals surface area contributed by atoms with Crippen LogP contribution in [-0.2, 0) is 12.4 Å². The van der Waals surface area contributed by atoms with Crippen LogP contribution in [0.15, 0.2) is 18.2 Å². The Labute approximate surface area is 117 Å². The summed E-state index contributed by atoms with van der Waals surface area (Å²) in [7, 11) is 0. The lowest BCUT2D eigenvalue weighted by Crippen LogP contribution is -2.17. The molecule has 0 saturated heterocycles. The molecule has 1 atom stereocenters. The van der Waals surface area contributed by atoms with Crippen LogP contribution >= 0.6 is 12.4 Å². The second kappa shape index (κ2) is 6.64. The lowest BCUT2D eigenvalue weighted by Gasteiger charge is -2.17. The highest BCUT2D eigenvalue weighted by molar-refractivity contribution is 5.85. The zero-order chi connectivity index (χ0) is 14.8. The highest BCUT2D eigenvalue weighted by Gasteiger charge is 2.37. The van der Waals surface area contributed by atoms with Crippen LogP contribution in [0.1, 0.15) is 29.2 Å². The Morgan fingerprint density at radius 3 is 1.65 bits per heavy atom. The first-order chi connectivity index (χ1) is 8.55. The van der Waals surface area contributed by atoms with Crippen LogP contribution in [-0.4, -0.2) is 11.7 Å². The molecule has 1 aromatic carbocycles. The Bertz CT molecular complexity index is 413. The van der Waals surface area contributed by atoms with Gasteiger partial charge in [0.05, 0.1) is 11.1 Å². The molecule has 0 fully saturated rings. The predicted molar refractivity (Wildman–Crippen MR) is 62.3 cm³/mol.